The van der Waals surface area contributed by atoms with Gasteiger partial charge in [-0.25, -0.2) is 0 Å². The molecule has 0 aromatic heterocycles. The van der Waals surface area contributed by atoms with Gasteiger partial charge < -0.3 is 45.1 Å². The van der Waals surface area contributed by atoms with Gasteiger partial charge in [-0.2, -0.15) is 0 Å². The summed E-state index contributed by atoms with van der Waals surface area (Å²) in [6.45, 7) is 4.40. The number of esters is 1. The molecule has 0 aromatic carbocycles. The Morgan fingerprint density at radius 1 is 0.371 bits per heavy atom. The molecule has 7 unspecified atom stereocenters. The van der Waals surface area contributed by atoms with Gasteiger partial charge in [0.2, 0.25) is 5.91 Å². The maximum Gasteiger partial charge on any atom is 0.305 e. The number of rotatable bonds is 77. The molecule has 1 amide bonds. The van der Waals surface area contributed by atoms with Crippen LogP contribution in [0.3, 0.4) is 0 Å². The minimum Gasteiger partial charge on any atom is -0.466 e. The summed E-state index contributed by atoms with van der Waals surface area (Å²) >= 11 is 0. The zero-order chi connectivity index (χ0) is 70.1. The van der Waals surface area contributed by atoms with Crippen molar-refractivity contribution in [3.63, 3.8) is 0 Å². The van der Waals surface area contributed by atoms with E-state index in [1.165, 1.54) is 353 Å². The van der Waals surface area contributed by atoms with E-state index in [-0.39, 0.29) is 18.5 Å². The van der Waals surface area contributed by atoms with Crippen LogP contribution in [0.1, 0.15) is 438 Å². The number of ether oxygens (including phenoxy) is 3. The average molecular weight is 1370 g/mol. The number of allylic oxidation sites excluding steroid dienone is 5. The number of nitrogens with one attached hydrogen (secondary N) is 1. The number of amides is 1. The summed E-state index contributed by atoms with van der Waals surface area (Å²) in [7, 11) is 0. The van der Waals surface area contributed by atoms with Gasteiger partial charge in [0.15, 0.2) is 6.29 Å². The molecule has 1 fully saturated rings. The minimum absolute atomic E-state index is 0.00961. The first kappa shape index (κ1) is 92.9. The van der Waals surface area contributed by atoms with Crippen LogP contribution >= 0.6 is 0 Å². The predicted octanol–water partition coefficient (Wildman–Crippen LogP) is 23.6. The van der Waals surface area contributed by atoms with Crippen molar-refractivity contribution in [2.24, 2.45) is 0 Å². The Morgan fingerprint density at radius 3 is 0.990 bits per heavy atom. The molecule has 1 rings (SSSR count). The van der Waals surface area contributed by atoms with Crippen molar-refractivity contribution in [2.75, 3.05) is 19.8 Å². The van der Waals surface area contributed by atoms with Gasteiger partial charge in [0.05, 0.1) is 32.0 Å². The van der Waals surface area contributed by atoms with E-state index in [0.717, 1.165) is 57.8 Å². The Hall–Kier alpha value is -2.12. The summed E-state index contributed by atoms with van der Waals surface area (Å²) in [6, 6.07) is -0.807. The lowest BCUT2D eigenvalue weighted by Gasteiger charge is -2.40. The van der Waals surface area contributed by atoms with Crippen molar-refractivity contribution >= 4 is 11.9 Å². The van der Waals surface area contributed by atoms with Gasteiger partial charge in [-0.1, -0.05) is 378 Å². The van der Waals surface area contributed by atoms with Crippen LogP contribution in [0.15, 0.2) is 36.5 Å². The zero-order valence-electron chi connectivity index (χ0n) is 64.1. The third-order valence-corrected chi connectivity index (χ3v) is 20.5. The van der Waals surface area contributed by atoms with E-state index >= 15 is 0 Å². The molecule has 1 saturated heterocycles. The first-order valence-corrected chi connectivity index (χ1v) is 42.8. The van der Waals surface area contributed by atoms with Crippen LogP contribution in [0.5, 0.6) is 0 Å². The SMILES string of the molecule is CCCCCCCC/C=C\CCCCCCCC(=O)OCCCCCCCCCCCCCCCCCCCC/C=C\CCCCCCCCCCCCCCCCCCCC(=O)NC(COC1OC(CO)C(O)C(O)C1O)C(O)/C=C/CCCCCCCCCCCCCCC. The summed E-state index contributed by atoms with van der Waals surface area (Å²) in [4.78, 5) is 25.2. The molecule has 572 valence electrons. The summed E-state index contributed by atoms with van der Waals surface area (Å²) in [6.07, 6.45) is 89.0. The average Bonchev–Trinajstić information content (AvgIpc) is 1.20. The first-order chi connectivity index (χ1) is 47.7. The van der Waals surface area contributed by atoms with Gasteiger partial charge in [0.25, 0.3) is 0 Å². The topological polar surface area (TPSA) is 175 Å². The predicted molar refractivity (Wildman–Crippen MR) is 412 cm³/mol. The second kappa shape index (κ2) is 75.1. The number of hydrogen-bond donors (Lipinski definition) is 6. The van der Waals surface area contributed by atoms with Gasteiger partial charge >= 0.3 is 5.97 Å². The molecular formula is C86H163NO10. The van der Waals surface area contributed by atoms with Crippen LogP contribution in [-0.4, -0.2) is 100 Å². The van der Waals surface area contributed by atoms with E-state index in [0.29, 0.717) is 19.4 Å². The van der Waals surface area contributed by atoms with Crippen molar-refractivity contribution in [3.8, 4) is 0 Å². The van der Waals surface area contributed by atoms with Crippen LogP contribution in [0.2, 0.25) is 0 Å². The molecule has 97 heavy (non-hydrogen) atoms. The van der Waals surface area contributed by atoms with Gasteiger partial charge in [-0.05, 0) is 83.5 Å². The molecule has 0 aromatic rings. The molecule has 0 spiro atoms. The summed E-state index contributed by atoms with van der Waals surface area (Å²) in [5.41, 5.74) is 0. The second-order valence-corrected chi connectivity index (χ2v) is 29.9. The summed E-state index contributed by atoms with van der Waals surface area (Å²) in [5.74, 6) is -0.164. The molecule has 1 aliphatic rings. The molecule has 11 heteroatoms. The van der Waals surface area contributed by atoms with Crippen molar-refractivity contribution in [3.05, 3.63) is 36.5 Å². The van der Waals surface area contributed by atoms with Gasteiger partial charge in [-0.3, -0.25) is 9.59 Å². The van der Waals surface area contributed by atoms with E-state index in [1.807, 2.05) is 6.08 Å². The minimum atomic E-state index is -1.57. The molecule has 0 bridgehead atoms. The lowest BCUT2D eigenvalue weighted by Crippen LogP contribution is -2.60. The van der Waals surface area contributed by atoms with E-state index < -0.39 is 49.5 Å². The van der Waals surface area contributed by atoms with Crippen molar-refractivity contribution in [2.45, 2.75) is 480 Å². The van der Waals surface area contributed by atoms with Crippen molar-refractivity contribution < 1.29 is 49.3 Å². The zero-order valence-corrected chi connectivity index (χ0v) is 64.1. The van der Waals surface area contributed by atoms with E-state index in [9.17, 15) is 35.1 Å². The maximum atomic E-state index is 13.1. The molecule has 7 atom stereocenters. The molecule has 1 aliphatic heterocycles. The van der Waals surface area contributed by atoms with Gasteiger partial charge in [-0.15, -0.1) is 0 Å². The lowest BCUT2D eigenvalue weighted by molar-refractivity contribution is -0.302. The van der Waals surface area contributed by atoms with E-state index in [1.54, 1.807) is 6.08 Å². The molecule has 11 nitrogen and oxygen atoms in total. The Labute approximate surface area is 600 Å². The maximum absolute atomic E-state index is 13.1. The highest BCUT2D eigenvalue weighted by molar-refractivity contribution is 5.76. The van der Waals surface area contributed by atoms with Gasteiger partial charge in [0.1, 0.15) is 24.4 Å². The molecule has 0 saturated carbocycles. The molecule has 0 aliphatic carbocycles. The molecular weight excluding hydrogens is 1210 g/mol. The fourth-order valence-corrected chi connectivity index (χ4v) is 13.8. The number of unbranched alkanes of at least 4 members (excludes halogenated alkanes) is 59. The lowest BCUT2D eigenvalue weighted by atomic mass is 9.99. The first-order valence-electron chi connectivity index (χ1n) is 42.8. The highest BCUT2D eigenvalue weighted by atomic mass is 16.7. The van der Waals surface area contributed by atoms with Gasteiger partial charge in [0, 0.05) is 12.8 Å². The number of aliphatic hydroxyl groups is 5. The summed E-state index contributed by atoms with van der Waals surface area (Å²) < 4.78 is 16.8. The van der Waals surface area contributed by atoms with Crippen LogP contribution < -0.4 is 5.32 Å². The third kappa shape index (κ3) is 63.3. The monoisotopic (exact) mass is 1370 g/mol. The summed E-state index contributed by atoms with van der Waals surface area (Å²) in [5, 5.41) is 54.7. The fourth-order valence-electron chi connectivity index (χ4n) is 13.8. The normalized spacial score (nSPS) is 17.4. The number of aliphatic hydroxyl groups excluding tert-OH is 5. The van der Waals surface area contributed by atoms with Crippen LogP contribution in [0.25, 0.3) is 0 Å². The van der Waals surface area contributed by atoms with E-state index in [2.05, 4.69) is 43.5 Å². The fraction of sp³-hybridized carbons (Fsp3) is 0.907. The van der Waals surface area contributed by atoms with Crippen LogP contribution in [0.4, 0.5) is 0 Å². The van der Waals surface area contributed by atoms with E-state index in [4.69, 9.17) is 14.2 Å². The largest absolute Gasteiger partial charge is 0.466 e. The van der Waals surface area contributed by atoms with Crippen LogP contribution in [0, 0.1) is 0 Å². The number of carbonyl (C=O) groups is 2. The van der Waals surface area contributed by atoms with Crippen LogP contribution in [-0.2, 0) is 23.8 Å². The Morgan fingerprint density at radius 2 is 0.660 bits per heavy atom. The third-order valence-electron chi connectivity index (χ3n) is 20.5. The highest BCUT2D eigenvalue weighted by Gasteiger charge is 2.44. The standard InChI is InChI=1S/C86H163NO10/c1-3-5-7-9-11-13-15-17-44-48-52-56-60-64-68-72-79(89)78(77-96-86-85(94)84(93)83(92)80(76-88)97-86)87-81(90)73-69-65-61-57-53-49-46-42-40-38-36-34-32-30-28-26-24-22-20-19-21-23-25-27-29-31-33-35-37-39-41-43-47-51-55-59-63-67-71-75-95-82(91)74-70-66-62-58-54-50-45-18-16-14-12-10-8-6-4-2/h18-20,45,68,72,78-80,83-86,88-89,92-94H,3-17,21-44,46-67,69-71,73-77H2,1-2H3,(H,87,90)/b20-19-,45-18-,72-68+. The Bertz CT molecular complexity index is 1710. The molecule has 0 radical (unpaired) electrons. The quantitative estimate of drug-likeness (QED) is 0.0195. The molecule has 6 N–H and O–H groups in total. The Kier molecular flexibility index (Phi) is 71.9. The second-order valence-electron chi connectivity index (χ2n) is 29.9. The van der Waals surface area contributed by atoms with Crippen molar-refractivity contribution in [1.29, 1.82) is 0 Å². The number of hydrogen-bond acceptors (Lipinski definition) is 10. The number of carbonyl (C=O) groups excluding carboxylic acids is 2. The Balaban J connectivity index is 1.89. The molecule has 1 heterocycles. The smallest absolute Gasteiger partial charge is 0.305 e. The highest BCUT2D eigenvalue weighted by Crippen LogP contribution is 2.24. The van der Waals surface area contributed by atoms with Crippen molar-refractivity contribution in [1.82, 2.24) is 5.32 Å².